The molecule has 1 nitrogen and oxygen atoms in total. The third-order valence-corrected chi connectivity index (χ3v) is 15.2. The van der Waals surface area contributed by atoms with Gasteiger partial charge in [0.2, 0.25) is 0 Å². The Morgan fingerprint density at radius 2 is 0.642 bits per heavy atom. The fourth-order valence-electron chi connectivity index (χ4n) is 12.6. The predicted octanol–water partition coefficient (Wildman–Crippen LogP) is 16.7. The van der Waals surface area contributed by atoms with Gasteiger partial charge in [-0.15, -0.1) is 0 Å². The summed E-state index contributed by atoms with van der Waals surface area (Å²) in [6.45, 7) is 0. The summed E-state index contributed by atoms with van der Waals surface area (Å²) >= 11 is 0. The Morgan fingerprint density at radius 1 is 0.254 bits per heavy atom. The average Bonchev–Trinajstić information content (AvgIpc) is 4.00. The molecule has 11 aromatic carbocycles. The highest BCUT2D eigenvalue weighted by Crippen LogP contribution is 2.66. The Hall–Kier alpha value is -8.52. The first kappa shape index (κ1) is 37.8. The van der Waals surface area contributed by atoms with Gasteiger partial charge in [0.15, 0.2) is 0 Å². The maximum Gasteiger partial charge on any atom is 0.0726 e. The van der Waals surface area contributed by atoms with Crippen LogP contribution in [0.15, 0.2) is 261 Å². The lowest BCUT2D eigenvalue weighted by atomic mass is 9.68. The van der Waals surface area contributed by atoms with Gasteiger partial charge in [-0.3, -0.25) is 0 Å². The van der Waals surface area contributed by atoms with Gasteiger partial charge in [-0.1, -0.05) is 237 Å². The number of hydrogen-bond acceptors (Lipinski definition) is 1. The second-order valence-corrected chi connectivity index (χ2v) is 18.2. The van der Waals surface area contributed by atoms with Crippen molar-refractivity contribution in [1.82, 2.24) is 0 Å². The fourth-order valence-corrected chi connectivity index (χ4v) is 12.6. The van der Waals surface area contributed by atoms with Gasteiger partial charge in [0.25, 0.3) is 0 Å². The van der Waals surface area contributed by atoms with Crippen molar-refractivity contribution < 1.29 is 0 Å². The highest BCUT2D eigenvalue weighted by atomic mass is 15.1. The van der Waals surface area contributed by atoms with Crippen LogP contribution < -0.4 is 4.90 Å². The highest BCUT2D eigenvalue weighted by Gasteiger charge is 2.53. The first-order chi connectivity index (χ1) is 33.3. The summed E-state index contributed by atoms with van der Waals surface area (Å²) in [4.78, 5) is 2.58. The molecule has 0 bridgehead atoms. The summed E-state index contributed by atoms with van der Waals surface area (Å²) in [5.41, 5.74) is 22.9. The van der Waals surface area contributed by atoms with Crippen LogP contribution in [0.4, 0.5) is 17.1 Å². The van der Waals surface area contributed by atoms with E-state index in [1.54, 1.807) is 0 Å². The van der Waals surface area contributed by atoms with Crippen molar-refractivity contribution in [3.8, 4) is 44.5 Å². The van der Waals surface area contributed by atoms with Crippen molar-refractivity contribution in [3.05, 3.63) is 305 Å². The molecule has 3 aliphatic carbocycles. The van der Waals surface area contributed by atoms with Crippen molar-refractivity contribution in [2.45, 2.75) is 10.8 Å². The Kier molecular flexibility index (Phi) is 8.18. The first-order valence-electron chi connectivity index (χ1n) is 23.4. The molecule has 0 unspecified atom stereocenters. The van der Waals surface area contributed by atoms with Crippen molar-refractivity contribution in [2.24, 2.45) is 0 Å². The van der Waals surface area contributed by atoms with E-state index in [0.29, 0.717) is 0 Å². The minimum absolute atomic E-state index is 0.472. The molecule has 1 heteroatoms. The zero-order valence-electron chi connectivity index (χ0n) is 36.8. The lowest BCUT2D eigenvalue weighted by Gasteiger charge is -2.35. The van der Waals surface area contributed by atoms with E-state index in [-0.39, 0.29) is 0 Å². The Labute approximate surface area is 391 Å². The van der Waals surface area contributed by atoms with Crippen LogP contribution >= 0.6 is 0 Å². The molecule has 3 aliphatic rings. The minimum Gasteiger partial charge on any atom is -0.309 e. The van der Waals surface area contributed by atoms with Gasteiger partial charge in [-0.05, 0) is 113 Å². The monoisotopic (exact) mass is 849 g/mol. The van der Waals surface area contributed by atoms with Crippen LogP contribution in [0, 0.1) is 0 Å². The van der Waals surface area contributed by atoms with E-state index in [0.717, 1.165) is 17.1 Å². The average molecular weight is 850 g/mol. The molecule has 1 spiro atoms. The van der Waals surface area contributed by atoms with Crippen LogP contribution in [0.3, 0.4) is 0 Å². The zero-order chi connectivity index (χ0) is 44.1. The molecule has 0 radical (unpaired) electrons. The minimum atomic E-state index is -0.541. The third-order valence-electron chi connectivity index (χ3n) is 15.2. The van der Waals surface area contributed by atoms with Crippen LogP contribution in [0.2, 0.25) is 0 Å². The van der Waals surface area contributed by atoms with E-state index in [1.807, 2.05) is 0 Å². The molecule has 0 saturated carbocycles. The summed E-state index contributed by atoms with van der Waals surface area (Å²) in [6.07, 6.45) is 0. The SMILES string of the molecule is c1ccc(C2(c3ccccc3)c3ccccc3-c3c(N(c4ccc(-c5cccc6ccccc56)cc4)c4cccc5c4-c4ccccc4C54c5ccccc5-c5ccccc54)cccc32)cc1. The predicted molar refractivity (Wildman–Crippen MR) is 278 cm³/mol. The van der Waals surface area contributed by atoms with Gasteiger partial charge in [-0.25, -0.2) is 0 Å². The molecule has 0 aliphatic heterocycles. The van der Waals surface area contributed by atoms with E-state index >= 15 is 0 Å². The van der Waals surface area contributed by atoms with Gasteiger partial charge >= 0.3 is 0 Å². The third kappa shape index (κ3) is 5.09. The molecule has 0 saturated heterocycles. The summed E-state index contributed by atoms with van der Waals surface area (Å²) in [5.74, 6) is 0. The van der Waals surface area contributed by atoms with Gasteiger partial charge in [0.05, 0.1) is 22.2 Å². The summed E-state index contributed by atoms with van der Waals surface area (Å²) in [6, 6.07) is 97.5. The van der Waals surface area contributed by atoms with Gasteiger partial charge in [-0.2, -0.15) is 0 Å². The topological polar surface area (TPSA) is 3.24 Å². The number of fused-ring (bicyclic) bond motifs is 14. The second-order valence-electron chi connectivity index (χ2n) is 18.2. The van der Waals surface area contributed by atoms with Crippen molar-refractivity contribution in [1.29, 1.82) is 0 Å². The molecule has 11 aromatic rings. The van der Waals surface area contributed by atoms with E-state index in [9.17, 15) is 0 Å². The lowest BCUT2D eigenvalue weighted by molar-refractivity contribution is 0.768. The second kappa shape index (κ2) is 14.5. The van der Waals surface area contributed by atoms with E-state index in [4.69, 9.17) is 0 Å². The summed E-state index contributed by atoms with van der Waals surface area (Å²) < 4.78 is 0. The van der Waals surface area contributed by atoms with Crippen LogP contribution in [-0.4, -0.2) is 0 Å². The number of hydrogen-bond donors (Lipinski definition) is 0. The van der Waals surface area contributed by atoms with Crippen molar-refractivity contribution in [3.63, 3.8) is 0 Å². The summed E-state index contributed by atoms with van der Waals surface area (Å²) in [5, 5.41) is 2.50. The van der Waals surface area contributed by atoms with E-state index in [2.05, 4.69) is 266 Å². The quantitative estimate of drug-likeness (QED) is 0.161. The number of rotatable bonds is 6. The van der Waals surface area contributed by atoms with Gasteiger partial charge < -0.3 is 4.90 Å². The first-order valence-corrected chi connectivity index (χ1v) is 23.4. The molecule has 0 amide bonds. The van der Waals surface area contributed by atoms with E-state index in [1.165, 1.54) is 99.8 Å². The number of anilines is 3. The molecule has 0 atom stereocenters. The zero-order valence-corrected chi connectivity index (χ0v) is 36.8. The standard InChI is InChI=1S/C66H43N/c1-3-22-46(23-4-1)65(47-24-5-2-6-25-47)57-34-15-11-29-53(57)63-59(65)36-18-38-61(63)67(48-42-40-45(41-43-48)50-31-17-21-44-20-7-8-26-49(44)50)62-39-19-37-60-64(62)54-30-12-16-35-58(54)66(60)55-32-13-9-27-51(55)52-28-10-14-33-56(52)66/h1-43H. The normalized spacial score (nSPS) is 13.9. The van der Waals surface area contributed by atoms with Crippen molar-refractivity contribution in [2.75, 3.05) is 4.90 Å². The maximum atomic E-state index is 2.58. The largest absolute Gasteiger partial charge is 0.309 e. The Bertz CT molecular complexity index is 3560. The number of nitrogens with zero attached hydrogens (tertiary/aromatic N) is 1. The maximum absolute atomic E-state index is 2.58. The molecule has 0 heterocycles. The smallest absolute Gasteiger partial charge is 0.0726 e. The Balaban J connectivity index is 1.08. The van der Waals surface area contributed by atoms with Gasteiger partial charge in [0.1, 0.15) is 0 Å². The van der Waals surface area contributed by atoms with Crippen molar-refractivity contribution >= 4 is 27.8 Å². The summed E-state index contributed by atoms with van der Waals surface area (Å²) in [7, 11) is 0. The molecule has 67 heavy (non-hydrogen) atoms. The van der Waals surface area contributed by atoms with E-state index < -0.39 is 10.8 Å². The molecule has 0 fully saturated rings. The van der Waals surface area contributed by atoms with Crippen LogP contribution in [-0.2, 0) is 10.8 Å². The molecule has 14 rings (SSSR count). The molecule has 0 N–H and O–H groups in total. The fraction of sp³-hybridized carbons (Fsp3) is 0.0303. The molecular formula is C66H43N. The van der Waals surface area contributed by atoms with Crippen LogP contribution in [0.25, 0.3) is 55.3 Å². The Morgan fingerprint density at radius 3 is 1.21 bits per heavy atom. The molecular weight excluding hydrogens is 807 g/mol. The van der Waals surface area contributed by atoms with Gasteiger partial charge in [0, 0.05) is 16.8 Å². The van der Waals surface area contributed by atoms with Crippen LogP contribution in [0.1, 0.15) is 44.5 Å². The lowest BCUT2D eigenvalue weighted by Crippen LogP contribution is -2.28. The molecule has 0 aromatic heterocycles. The number of benzene rings is 11. The van der Waals surface area contributed by atoms with Crippen LogP contribution in [0.5, 0.6) is 0 Å². The highest BCUT2D eigenvalue weighted by molar-refractivity contribution is 6.05. The molecule has 312 valence electrons.